The zero-order chi connectivity index (χ0) is 28.2. The van der Waals surface area contributed by atoms with E-state index in [1.165, 1.54) is 0 Å². The average molecular weight is 565 g/mol. The normalized spacial score (nSPS) is 16.4. The van der Waals surface area contributed by atoms with Gasteiger partial charge in [0.05, 0.1) is 17.8 Å². The van der Waals surface area contributed by atoms with E-state index in [0.29, 0.717) is 55.5 Å². The minimum absolute atomic E-state index is 0.0185. The number of carbonyl (C=O) groups is 2. The fourth-order valence-electron chi connectivity index (χ4n) is 5.35. The molecule has 2 aromatic rings. The first kappa shape index (κ1) is 29.2. The van der Waals surface area contributed by atoms with Crippen molar-refractivity contribution in [3.63, 3.8) is 0 Å². The Kier molecular flexibility index (Phi) is 9.43. The van der Waals surface area contributed by atoms with Gasteiger partial charge in [-0.3, -0.25) is 14.5 Å². The second-order valence-electron chi connectivity index (χ2n) is 10.3. The van der Waals surface area contributed by atoms with E-state index in [1.54, 1.807) is 23.1 Å². The largest absolute Gasteiger partial charge is 0.390 e. The van der Waals surface area contributed by atoms with Crippen LogP contribution in [0.1, 0.15) is 54.6 Å². The van der Waals surface area contributed by atoms with Gasteiger partial charge in [-0.1, -0.05) is 31.5 Å². The number of nitrogens with zero attached hydrogens (tertiary/aromatic N) is 3. The summed E-state index contributed by atoms with van der Waals surface area (Å²) in [6.07, 6.45) is -2.60. The van der Waals surface area contributed by atoms with Gasteiger partial charge in [-0.2, -0.15) is 13.2 Å². The standard InChI is InChI=1S/C29H36ClF3N4O2/c1-3-20(4-2)28(39)37-11-9-21-5-6-22(17-23(21)19-37)27(38)34-25-8-7-24(30)18-26(25)36-15-13-35(14-16-36)12-10-29(31,32)33/h5-8,17-18,20H,3-4,9-16,19H2,1-2H3,(H,34,38). The monoisotopic (exact) mass is 564 g/mol. The predicted octanol–water partition coefficient (Wildman–Crippen LogP) is 5.99. The molecule has 2 aromatic carbocycles. The number of carbonyl (C=O) groups excluding carboxylic acids is 2. The van der Waals surface area contributed by atoms with E-state index in [0.717, 1.165) is 36.1 Å². The van der Waals surface area contributed by atoms with Gasteiger partial charge in [0.1, 0.15) is 0 Å². The molecule has 0 unspecified atom stereocenters. The molecule has 4 rings (SSSR count). The maximum atomic E-state index is 13.3. The van der Waals surface area contributed by atoms with Gasteiger partial charge in [0.25, 0.3) is 5.91 Å². The maximum Gasteiger partial charge on any atom is 0.390 e. The van der Waals surface area contributed by atoms with Crippen LogP contribution in [0, 0.1) is 5.92 Å². The molecule has 10 heteroatoms. The molecule has 0 aromatic heterocycles. The number of benzene rings is 2. The van der Waals surface area contributed by atoms with Crippen molar-refractivity contribution >= 4 is 34.8 Å². The quantitative estimate of drug-likeness (QED) is 0.428. The topological polar surface area (TPSA) is 55.9 Å². The molecule has 2 heterocycles. The van der Waals surface area contributed by atoms with E-state index in [2.05, 4.69) is 5.32 Å². The van der Waals surface area contributed by atoms with Crippen LogP contribution in [0.2, 0.25) is 5.02 Å². The number of halogens is 4. The summed E-state index contributed by atoms with van der Waals surface area (Å²) in [6.45, 7) is 7.27. The van der Waals surface area contributed by atoms with Gasteiger partial charge < -0.3 is 15.1 Å². The lowest BCUT2D eigenvalue weighted by Gasteiger charge is -2.37. The number of hydrogen-bond acceptors (Lipinski definition) is 4. The average Bonchev–Trinajstić information content (AvgIpc) is 2.92. The molecule has 1 fully saturated rings. The summed E-state index contributed by atoms with van der Waals surface area (Å²) in [7, 11) is 0. The zero-order valence-corrected chi connectivity index (χ0v) is 23.2. The predicted molar refractivity (Wildman–Crippen MR) is 148 cm³/mol. The molecule has 0 spiro atoms. The highest BCUT2D eigenvalue weighted by atomic mass is 35.5. The highest BCUT2D eigenvalue weighted by Gasteiger charge is 2.29. The number of piperazine rings is 1. The van der Waals surface area contributed by atoms with Crippen molar-refractivity contribution < 1.29 is 22.8 Å². The number of anilines is 2. The van der Waals surface area contributed by atoms with E-state index in [9.17, 15) is 22.8 Å². The number of rotatable bonds is 8. The Labute approximate surface area is 233 Å². The van der Waals surface area contributed by atoms with Crippen LogP contribution in [0.5, 0.6) is 0 Å². The van der Waals surface area contributed by atoms with Crippen LogP contribution < -0.4 is 10.2 Å². The van der Waals surface area contributed by atoms with Crippen LogP contribution >= 0.6 is 11.6 Å². The lowest BCUT2D eigenvalue weighted by Crippen LogP contribution is -2.47. The first-order valence-corrected chi connectivity index (χ1v) is 14.0. The molecule has 2 aliphatic rings. The zero-order valence-electron chi connectivity index (χ0n) is 22.5. The van der Waals surface area contributed by atoms with Crippen LogP contribution in [-0.2, 0) is 17.8 Å². The Morgan fingerprint density at radius 2 is 1.69 bits per heavy atom. The van der Waals surface area contributed by atoms with Crippen molar-refractivity contribution in [3.05, 3.63) is 58.1 Å². The second kappa shape index (κ2) is 12.6. The third kappa shape index (κ3) is 7.45. The van der Waals surface area contributed by atoms with E-state index < -0.39 is 12.6 Å². The summed E-state index contributed by atoms with van der Waals surface area (Å²) in [4.78, 5) is 32.0. The molecule has 39 heavy (non-hydrogen) atoms. The van der Waals surface area contributed by atoms with Crippen LogP contribution in [0.3, 0.4) is 0 Å². The minimum Gasteiger partial charge on any atom is -0.367 e. The van der Waals surface area contributed by atoms with Gasteiger partial charge in [-0.25, -0.2) is 0 Å². The van der Waals surface area contributed by atoms with Gasteiger partial charge in [0, 0.05) is 62.3 Å². The SMILES string of the molecule is CCC(CC)C(=O)N1CCc2ccc(C(=O)Nc3ccc(Cl)cc3N3CCN(CCC(F)(F)F)CC3)cc2C1. The van der Waals surface area contributed by atoms with Crippen molar-refractivity contribution in [2.24, 2.45) is 5.92 Å². The van der Waals surface area contributed by atoms with Crippen LogP contribution in [0.25, 0.3) is 0 Å². The Hall–Kier alpha value is -2.78. The van der Waals surface area contributed by atoms with Crippen molar-refractivity contribution in [2.45, 2.75) is 52.3 Å². The Bertz CT molecular complexity index is 1180. The lowest BCUT2D eigenvalue weighted by molar-refractivity contribution is -0.138. The number of amides is 2. The van der Waals surface area contributed by atoms with Crippen molar-refractivity contribution in [1.82, 2.24) is 9.80 Å². The van der Waals surface area contributed by atoms with E-state index in [1.807, 2.05) is 41.8 Å². The molecule has 1 N–H and O–H groups in total. The van der Waals surface area contributed by atoms with Crippen LogP contribution in [-0.4, -0.2) is 67.1 Å². The van der Waals surface area contributed by atoms with Gasteiger partial charge >= 0.3 is 6.18 Å². The molecule has 0 radical (unpaired) electrons. The van der Waals surface area contributed by atoms with E-state index in [4.69, 9.17) is 11.6 Å². The first-order chi connectivity index (χ1) is 18.6. The van der Waals surface area contributed by atoms with Crippen molar-refractivity contribution in [3.8, 4) is 0 Å². The number of hydrogen-bond donors (Lipinski definition) is 1. The van der Waals surface area contributed by atoms with Gasteiger partial charge in [-0.15, -0.1) is 0 Å². The van der Waals surface area contributed by atoms with E-state index in [-0.39, 0.29) is 24.3 Å². The van der Waals surface area contributed by atoms with Gasteiger partial charge in [0.15, 0.2) is 0 Å². The molecule has 0 atom stereocenters. The molecule has 2 aliphatic heterocycles. The van der Waals surface area contributed by atoms with Crippen LogP contribution in [0.15, 0.2) is 36.4 Å². The van der Waals surface area contributed by atoms with Gasteiger partial charge in [-0.05, 0) is 60.7 Å². The smallest absolute Gasteiger partial charge is 0.367 e. The summed E-state index contributed by atoms with van der Waals surface area (Å²) in [5.74, 6) is -0.0775. The summed E-state index contributed by atoms with van der Waals surface area (Å²) >= 11 is 6.27. The van der Waals surface area contributed by atoms with Crippen LogP contribution in [0.4, 0.5) is 24.5 Å². The lowest BCUT2D eigenvalue weighted by atomic mass is 9.94. The molecule has 6 nitrogen and oxygen atoms in total. The molecular weight excluding hydrogens is 529 g/mol. The molecule has 212 valence electrons. The maximum absolute atomic E-state index is 13.3. The Morgan fingerprint density at radius 1 is 0.974 bits per heavy atom. The third-order valence-electron chi connectivity index (χ3n) is 7.76. The van der Waals surface area contributed by atoms with Crippen molar-refractivity contribution in [1.29, 1.82) is 0 Å². The fraction of sp³-hybridized carbons (Fsp3) is 0.517. The summed E-state index contributed by atoms with van der Waals surface area (Å²) in [6, 6.07) is 10.9. The molecule has 0 bridgehead atoms. The molecule has 0 saturated carbocycles. The summed E-state index contributed by atoms with van der Waals surface area (Å²) in [5.41, 5.74) is 3.97. The Balaban J connectivity index is 1.44. The number of alkyl halides is 3. The molecular formula is C29H36ClF3N4O2. The highest BCUT2D eigenvalue weighted by Crippen LogP contribution is 2.31. The summed E-state index contributed by atoms with van der Waals surface area (Å²) < 4.78 is 37.8. The van der Waals surface area contributed by atoms with Gasteiger partial charge in [0.2, 0.25) is 5.91 Å². The molecule has 2 amide bonds. The third-order valence-corrected chi connectivity index (χ3v) is 7.99. The minimum atomic E-state index is -4.17. The first-order valence-electron chi connectivity index (χ1n) is 13.6. The number of nitrogens with one attached hydrogen (secondary N) is 1. The van der Waals surface area contributed by atoms with E-state index >= 15 is 0 Å². The van der Waals surface area contributed by atoms with Crippen molar-refractivity contribution in [2.75, 3.05) is 49.5 Å². The Morgan fingerprint density at radius 3 is 2.36 bits per heavy atom. The summed E-state index contributed by atoms with van der Waals surface area (Å²) in [5, 5.41) is 3.52. The highest BCUT2D eigenvalue weighted by molar-refractivity contribution is 6.31. The fourth-order valence-corrected chi connectivity index (χ4v) is 5.51. The molecule has 1 saturated heterocycles. The second-order valence-corrected chi connectivity index (χ2v) is 10.8. The molecule has 0 aliphatic carbocycles. The number of fused-ring (bicyclic) bond motifs is 1.